The Balaban J connectivity index is 3.19. The smallest absolute Gasteiger partial charge is 0.252 e. The van der Waals surface area contributed by atoms with Gasteiger partial charge in [0, 0.05) is 13.6 Å². The minimum absolute atomic E-state index is 0.0201. The lowest BCUT2D eigenvalue weighted by molar-refractivity contribution is 0.126. The van der Waals surface area contributed by atoms with E-state index in [1.165, 1.54) is 12.1 Å². The third kappa shape index (κ3) is 3.38. The molecule has 1 aromatic carbocycles. The summed E-state index contributed by atoms with van der Waals surface area (Å²) in [4.78, 5) is -0.213. The van der Waals surface area contributed by atoms with Gasteiger partial charge in [-0.15, -0.1) is 0 Å². The average molecular weight is 299 g/mol. The zero-order valence-electron chi connectivity index (χ0n) is 9.61. The summed E-state index contributed by atoms with van der Waals surface area (Å²) in [7, 11) is -2.96. The number of nitrogens with zero attached hydrogens (tertiary/aromatic N) is 1. The predicted octanol–water partition coefficient (Wildman–Crippen LogP) is 1.68. The molecule has 0 aliphatic heterocycles. The molecule has 0 aliphatic rings. The van der Waals surface area contributed by atoms with Gasteiger partial charge in [-0.05, 0) is 17.7 Å². The highest BCUT2D eigenvalue weighted by Gasteiger charge is 2.26. The lowest BCUT2D eigenvalue weighted by Gasteiger charge is -2.17. The maximum Gasteiger partial charge on any atom is 0.252 e. The molecule has 8 heteroatoms. The van der Waals surface area contributed by atoms with E-state index < -0.39 is 23.0 Å². The van der Waals surface area contributed by atoms with Crippen molar-refractivity contribution in [3.63, 3.8) is 0 Å². The summed E-state index contributed by atoms with van der Waals surface area (Å²) >= 11 is 5.78. The number of hydrogen-bond acceptors (Lipinski definition) is 3. The lowest BCUT2D eigenvalue weighted by Crippen LogP contribution is -2.31. The Morgan fingerprint density at radius 3 is 2.56 bits per heavy atom. The highest BCUT2D eigenvalue weighted by atomic mass is 35.5. The van der Waals surface area contributed by atoms with Gasteiger partial charge in [0.1, 0.15) is 4.90 Å². The first-order valence-corrected chi connectivity index (χ1v) is 6.84. The molecule has 0 spiro atoms. The first kappa shape index (κ1) is 15.3. The monoisotopic (exact) mass is 298 g/mol. The Hall–Kier alpha value is -0.760. The van der Waals surface area contributed by atoms with Gasteiger partial charge in [0.15, 0.2) is 0 Å². The van der Waals surface area contributed by atoms with E-state index in [2.05, 4.69) is 0 Å². The third-order valence-electron chi connectivity index (χ3n) is 2.31. The summed E-state index contributed by atoms with van der Waals surface area (Å²) in [6.45, 7) is -0.746. The molecule has 0 aromatic heterocycles. The van der Waals surface area contributed by atoms with Gasteiger partial charge < -0.3 is 5.73 Å². The minimum Gasteiger partial charge on any atom is -0.326 e. The largest absolute Gasteiger partial charge is 0.326 e. The highest BCUT2D eigenvalue weighted by molar-refractivity contribution is 7.89. The van der Waals surface area contributed by atoms with Gasteiger partial charge in [-0.2, -0.15) is 4.31 Å². The lowest BCUT2D eigenvalue weighted by atomic mass is 10.2. The number of benzene rings is 1. The molecule has 0 radical (unpaired) electrons. The molecular weight excluding hydrogens is 286 g/mol. The Kier molecular flexibility index (Phi) is 5.03. The van der Waals surface area contributed by atoms with E-state index in [-0.39, 0.29) is 16.5 Å². The van der Waals surface area contributed by atoms with E-state index in [0.717, 1.165) is 7.05 Å². The first-order valence-electron chi connectivity index (χ1n) is 5.02. The van der Waals surface area contributed by atoms with E-state index in [1.54, 1.807) is 6.07 Å². The normalized spacial score (nSPS) is 12.4. The summed E-state index contributed by atoms with van der Waals surface area (Å²) in [5.74, 6) is 0. The molecule has 0 amide bonds. The summed E-state index contributed by atoms with van der Waals surface area (Å²) in [5, 5.41) is -0.0201. The van der Waals surface area contributed by atoms with Gasteiger partial charge in [0.2, 0.25) is 10.0 Å². The van der Waals surface area contributed by atoms with Crippen LogP contribution in [0.3, 0.4) is 0 Å². The number of alkyl halides is 2. The fourth-order valence-electron chi connectivity index (χ4n) is 1.33. The fourth-order valence-corrected chi connectivity index (χ4v) is 3.00. The van der Waals surface area contributed by atoms with Gasteiger partial charge in [-0.1, -0.05) is 17.7 Å². The molecule has 0 unspecified atom stereocenters. The molecule has 2 N–H and O–H groups in total. The van der Waals surface area contributed by atoms with E-state index in [1.807, 2.05) is 0 Å². The Bertz CT molecular complexity index is 523. The predicted molar refractivity (Wildman–Crippen MR) is 65.2 cm³/mol. The molecule has 102 valence electrons. The van der Waals surface area contributed by atoms with Gasteiger partial charge in [0.05, 0.1) is 11.6 Å². The molecule has 1 rings (SSSR count). The zero-order chi connectivity index (χ0) is 13.9. The van der Waals surface area contributed by atoms with Crippen molar-refractivity contribution in [3.8, 4) is 0 Å². The SMILES string of the molecule is CN(CC(F)F)S(=O)(=O)c1cc(CN)ccc1Cl. The molecule has 0 bridgehead atoms. The molecule has 0 saturated carbocycles. The van der Waals surface area contributed by atoms with Crippen molar-refractivity contribution in [2.24, 2.45) is 5.73 Å². The zero-order valence-corrected chi connectivity index (χ0v) is 11.2. The van der Waals surface area contributed by atoms with Crippen LogP contribution in [0.15, 0.2) is 23.1 Å². The van der Waals surface area contributed by atoms with Crippen LogP contribution in [0.2, 0.25) is 5.02 Å². The molecule has 4 nitrogen and oxygen atoms in total. The van der Waals surface area contributed by atoms with Crippen LogP contribution in [-0.4, -0.2) is 32.7 Å². The van der Waals surface area contributed by atoms with Crippen LogP contribution >= 0.6 is 11.6 Å². The number of rotatable bonds is 5. The summed E-state index contributed by atoms with van der Waals surface area (Å²) in [6.07, 6.45) is -2.75. The minimum atomic E-state index is -4.03. The second kappa shape index (κ2) is 5.92. The van der Waals surface area contributed by atoms with Crippen LogP contribution in [0.5, 0.6) is 0 Å². The molecule has 1 aromatic rings. The molecule has 0 atom stereocenters. The van der Waals surface area contributed by atoms with Crippen molar-refractivity contribution in [1.82, 2.24) is 4.31 Å². The summed E-state index contributed by atoms with van der Waals surface area (Å²) in [5.41, 5.74) is 5.96. The van der Waals surface area contributed by atoms with Crippen molar-refractivity contribution in [2.45, 2.75) is 17.9 Å². The standard InChI is InChI=1S/C10H13ClF2N2O2S/c1-15(6-10(12)13)18(16,17)9-4-7(5-14)2-3-8(9)11/h2-4,10H,5-6,14H2,1H3. The van der Waals surface area contributed by atoms with Crippen molar-refractivity contribution in [2.75, 3.05) is 13.6 Å². The van der Waals surface area contributed by atoms with Gasteiger partial charge >= 0.3 is 0 Å². The van der Waals surface area contributed by atoms with Crippen molar-refractivity contribution in [3.05, 3.63) is 28.8 Å². The van der Waals surface area contributed by atoms with Crippen LogP contribution in [0, 0.1) is 0 Å². The quantitative estimate of drug-likeness (QED) is 0.899. The Morgan fingerprint density at radius 1 is 1.44 bits per heavy atom. The van der Waals surface area contributed by atoms with Crippen LogP contribution in [-0.2, 0) is 16.6 Å². The number of hydrogen-bond donors (Lipinski definition) is 1. The van der Waals surface area contributed by atoms with Crippen LogP contribution in [0.4, 0.5) is 8.78 Å². The molecule has 0 aliphatic carbocycles. The Morgan fingerprint density at radius 2 is 2.06 bits per heavy atom. The Labute approximate surface area is 109 Å². The van der Waals surface area contributed by atoms with Gasteiger partial charge in [-0.25, -0.2) is 17.2 Å². The molecule has 0 saturated heterocycles. The second-order valence-corrected chi connectivity index (χ2v) is 6.07. The maximum atomic E-state index is 12.2. The number of nitrogens with two attached hydrogens (primary N) is 1. The molecule has 18 heavy (non-hydrogen) atoms. The third-order valence-corrected chi connectivity index (χ3v) is 4.62. The average Bonchev–Trinajstić information content (AvgIpc) is 2.28. The van der Waals surface area contributed by atoms with Crippen molar-refractivity contribution < 1.29 is 17.2 Å². The van der Waals surface area contributed by atoms with Crippen LogP contribution in [0.1, 0.15) is 5.56 Å². The number of sulfonamides is 1. The molecule has 0 heterocycles. The van der Waals surface area contributed by atoms with E-state index >= 15 is 0 Å². The summed E-state index contributed by atoms with van der Waals surface area (Å²) in [6, 6.07) is 4.25. The van der Waals surface area contributed by atoms with Gasteiger partial charge in [0.25, 0.3) is 6.43 Å². The first-order chi connectivity index (χ1) is 8.28. The molecular formula is C10H13ClF2N2O2S. The maximum absolute atomic E-state index is 12.2. The fraction of sp³-hybridized carbons (Fsp3) is 0.400. The topological polar surface area (TPSA) is 63.4 Å². The van der Waals surface area contributed by atoms with Crippen LogP contribution in [0.25, 0.3) is 0 Å². The van der Waals surface area contributed by atoms with E-state index in [0.29, 0.717) is 9.87 Å². The van der Waals surface area contributed by atoms with Crippen molar-refractivity contribution in [1.29, 1.82) is 0 Å². The van der Waals surface area contributed by atoms with Crippen LogP contribution < -0.4 is 5.73 Å². The second-order valence-electron chi connectivity index (χ2n) is 3.65. The molecule has 0 fully saturated rings. The van der Waals surface area contributed by atoms with E-state index in [4.69, 9.17) is 17.3 Å². The van der Waals surface area contributed by atoms with Crippen molar-refractivity contribution >= 4 is 21.6 Å². The summed E-state index contributed by atoms with van der Waals surface area (Å²) < 4.78 is 49.1. The van der Waals surface area contributed by atoms with E-state index in [9.17, 15) is 17.2 Å². The van der Waals surface area contributed by atoms with Gasteiger partial charge in [-0.3, -0.25) is 0 Å². The highest BCUT2D eigenvalue weighted by Crippen LogP contribution is 2.25. The number of halogens is 3.